The zero-order chi connectivity index (χ0) is 15.7. The number of aromatic amines is 1. The quantitative estimate of drug-likeness (QED) is 0.910. The summed E-state index contributed by atoms with van der Waals surface area (Å²) in [5.41, 5.74) is 0.665. The van der Waals surface area contributed by atoms with E-state index < -0.39 is 0 Å². The van der Waals surface area contributed by atoms with E-state index in [-0.39, 0.29) is 17.7 Å². The van der Waals surface area contributed by atoms with Crippen molar-refractivity contribution in [1.29, 1.82) is 0 Å². The highest BCUT2D eigenvalue weighted by molar-refractivity contribution is 5.77. The highest BCUT2D eigenvalue weighted by atomic mass is 16.3. The van der Waals surface area contributed by atoms with Crippen LogP contribution in [0.1, 0.15) is 38.6 Å². The van der Waals surface area contributed by atoms with Gasteiger partial charge in [-0.25, -0.2) is 4.98 Å². The zero-order valence-corrected chi connectivity index (χ0v) is 13.1. The molecule has 0 amide bonds. The van der Waals surface area contributed by atoms with Crippen molar-refractivity contribution in [3.63, 3.8) is 0 Å². The van der Waals surface area contributed by atoms with Gasteiger partial charge in [-0.05, 0) is 57.8 Å². The van der Waals surface area contributed by atoms with Crippen molar-refractivity contribution in [1.82, 2.24) is 14.9 Å². The summed E-state index contributed by atoms with van der Waals surface area (Å²) in [5.74, 6) is 1.10. The average molecular weight is 301 g/mol. The minimum absolute atomic E-state index is 0.0762. The van der Waals surface area contributed by atoms with Crippen LogP contribution >= 0.6 is 0 Å². The number of benzene rings is 1. The minimum Gasteiger partial charge on any atom is -0.393 e. The van der Waals surface area contributed by atoms with Gasteiger partial charge in [0.25, 0.3) is 5.56 Å². The Morgan fingerprint density at radius 3 is 2.64 bits per heavy atom. The zero-order valence-electron chi connectivity index (χ0n) is 13.1. The van der Waals surface area contributed by atoms with Crippen LogP contribution in [0.3, 0.4) is 0 Å². The van der Waals surface area contributed by atoms with E-state index >= 15 is 0 Å². The minimum atomic E-state index is -0.240. The van der Waals surface area contributed by atoms with Gasteiger partial charge < -0.3 is 10.1 Å². The lowest BCUT2D eigenvalue weighted by molar-refractivity contribution is 0.0571. The number of piperidine rings is 1. The van der Waals surface area contributed by atoms with Gasteiger partial charge in [0, 0.05) is 0 Å². The number of nitrogens with one attached hydrogen (secondary N) is 1. The van der Waals surface area contributed by atoms with Crippen LogP contribution in [-0.2, 0) is 0 Å². The largest absolute Gasteiger partial charge is 0.393 e. The standard InChI is InChI=1S/C17H23N3O2/c1-11(20-9-7-13(8-10-20)12(2)21)16-18-15-6-4-3-5-14(15)17(22)19-16/h3-6,11-13,21H,7-10H2,1-2H3,(H,18,19,22). The highest BCUT2D eigenvalue weighted by Crippen LogP contribution is 2.26. The van der Waals surface area contributed by atoms with E-state index in [4.69, 9.17) is 0 Å². The number of hydrogen-bond acceptors (Lipinski definition) is 4. The smallest absolute Gasteiger partial charge is 0.258 e. The van der Waals surface area contributed by atoms with Crippen LogP contribution in [0, 0.1) is 5.92 Å². The van der Waals surface area contributed by atoms with Crippen LogP contribution in [-0.4, -0.2) is 39.2 Å². The van der Waals surface area contributed by atoms with Crippen molar-refractivity contribution in [2.75, 3.05) is 13.1 Å². The van der Waals surface area contributed by atoms with E-state index in [9.17, 15) is 9.90 Å². The van der Waals surface area contributed by atoms with Crippen LogP contribution in [0.4, 0.5) is 0 Å². The molecular formula is C17H23N3O2. The molecule has 3 rings (SSSR count). The molecule has 0 spiro atoms. The van der Waals surface area contributed by atoms with Crippen LogP contribution in [0.25, 0.3) is 10.9 Å². The van der Waals surface area contributed by atoms with E-state index in [1.807, 2.05) is 25.1 Å². The molecule has 1 aliphatic rings. The van der Waals surface area contributed by atoms with Gasteiger partial charge in [-0.1, -0.05) is 12.1 Å². The molecule has 5 heteroatoms. The Morgan fingerprint density at radius 2 is 1.95 bits per heavy atom. The number of aliphatic hydroxyl groups excluding tert-OH is 1. The Bertz CT molecular complexity index is 702. The molecule has 1 aromatic carbocycles. The Hall–Kier alpha value is -1.72. The third-order valence-corrected chi connectivity index (χ3v) is 4.83. The van der Waals surface area contributed by atoms with Crippen LogP contribution in [0.15, 0.2) is 29.1 Å². The molecule has 1 aromatic heterocycles. The van der Waals surface area contributed by atoms with Gasteiger partial charge in [-0.15, -0.1) is 0 Å². The number of nitrogens with zero attached hydrogens (tertiary/aromatic N) is 2. The summed E-state index contributed by atoms with van der Waals surface area (Å²) in [6, 6.07) is 7.50. The second kappa shape index (κ2) is 6.18. The van der Waals surface area contributed by atoms with E-state index in [1.165, 1.54) is 0 Å². The SMILES string of the molecule is CC(O)C1CCN(C(C)c2nc3ccccc3c(=O)[nH]2)CC1. The van der Waals surface area contributed by atoms with Gasteiger partial charge in [0.15, 0.2) is 0 Å². The van der Waals surface area contributed by atoms with Crippen LogP contribution in [0.5, 0.6) is 0 Å². The van der Waals surface area contributed by atoms with Crippen LogP contribution < -0.4 is 5.56 Å². The molecule has 1 aliphatic heterocycles. The molecule has 1 saturated heterocycles. The van der Waals surface area contributed by atoms with E-state index in [2.05, 4.69) is 21.8 Å². The second-order valence-electron chi connectivity index (χ2n) is 6.26. The second-order valence-corrected chi connectivity index (χ2v) is 6.26. The summed E-state index contributed by atoms with van der Waals surface area (Å²) >= 11 is 0. The lowest BCUT2D eigenvalue weighted by Crippen LogP contribution is -2.39. The van der Waals surface area contributed by atoms with Crippen molar-refractivity contribution >= 4 is 10.9 Å². The lowest BCUT2D eigenvalue weighted by Gasteiger charge is -2.36. The molecule has 118 valence electrons. The number of para-hydroxylation sites is 1. The van der Waals surface area contributed by atoms with Gasteiger partial charge >= 0.3 is 0 Å². The molecule has 2 N–H and O–H groups in total. The molecule has 2 unspecified atom stereocenters. The molecule has 0 saturated carbocycles. The number of H-pyrrole nitrogens is 1. The topological polar surface area (TPSA) is 69.2 Å². The summed E-state index contributed by atoms with van der Waals surface area (Å²) in [7, 11) is 0. The Balaban J connectivity index is 1.81. The first-order valence-electron chi connectivity index (χ1n) is 7.97. The lowest BCUT2D eigenvalue weighted by atomic mass is 9.91. The van der Waals surface area contributed by atoms with Gasteiger partial charge in [-0.2, -0.15) is 0 Å². The van der Waals surface area contributed by atoms with Crippen molar-refractivity contribution in [3.05, 3.63) is 40.4 Å². The molecule has 5 nitrogen and oxygen atoms in total. The normalized spacial score (nSPS) is 20.1. The molecule has 22 heavy (non-hydrogen) atoms. The molecule has 2 aromatic rings. The monoisotopic (exact) mass is 301 g/mol. The maximum Gasteiger partial charge on any atom is 0.258 e. The first kappa shape index (κ1) is 15.2. The van der Waals surface area contributed by atoms with Gasteiger partial charge in [0.05, 0.1) is 23.0 Å². The fourth-order valence-electron chi connectivity index (χ4n) is 3.26. The highest BCUT2D eigenvalue weighted by Gasteiger charge is 2.27. The maximum atomic E-state index is 12.2. The van der Waals surface area contributed by atoms with Crippen molar-refractivity contribution in [2.24, 2.45) is 5.92 Å². The van der Waals surface area contributed by atoms with Gasteiger partial charge in [0.1, 0.15) is 5.82 Å². The van der Waals surface area contributed by atoms with Crippen LogP contribution in [0.2, 0.25) is 0 Å². The number of aromatic nitrogens is 2. The Labute approximate surface area is 130 Å². The van der Waals surface area contributed by atoms with Crippen molar-refractivity contribution in [2.45, 2.75) is 38.8 Å². The summed E-state index contributed by atoms with van der Waals surface area (Å²) in [5, 5.41) is 10.3. The number of hydrogen-bond donors (Lipinski definition) is 2. The molecule has 0 bridgehead atoms. The number of rotatable bonds is 3. The fourth-order valence-corrected chi connectivity index (χ4v) is 3.26. The maximum absolute atomic E-state index is 12.2. The molecule has 0 radical (unpaired) electrons. The average Bonchev–Trinajstić information content (AvgIpc) is 2.54. The summed E-state index contributed by atoms with van der Waals surface area (Å²) in [6.07, 6.45) is 1.73. The van der Waals surface area contributed by atoms with E-state index in [0.717, 1.165) is 37.3 Å². The molecular weight excluding hydrogens is 278 g/mol. The number of aliphatic hydroxyl groups is 1. The number of fused-ring (bicyclic) bond motifs is 1. The number of likely N-dealkylation sites (tertiary alicyclic amines) is 1. The first-order chi connectivity index (χ1) is 10.6. The summed E-state index contributed by atoms with van der Waals surface area (Å²) < 4.78 is 0. The van der Waals surface area contributed by atoms with Gasteiger partial charge in [-0.3, -0.25) is 9.69 Å². The summed E-state index contributed by atoms with van der Waals surface area (Å²) in [6.45, 7) is 5.79. The van der Waals surface area contributed by atoms with E-state index in [0.29, 0.717) is 11.3 Å². The van der Waals surface area contributed by atoms with Crippen molar-refractivity contribution < 1.29 is 5.11 Å². The van der Waals surface area contributed by atoms with E-state index in [1.54, 1.807) is 6.07 Å². The third-order valence-electron chi connectivity index (χ3n) is 4.83. The molecule has 2 heterocycles. The Morgan fingerprint density at radius 1 is 1.27 bits per heavy atom. The van der Waals surface area contributed by atoms with Crippen molar-refractivity contribution in [3.8, 4) is 0 Å². The molecule has 1 fully saturated rings. The molecule has 0 aliphatic carbocycles. The van der Waals surface area contributed by atoms with Gasteiger partial charge in [0.2, 0.25) is 0 Å². The predicted molar refractivity (Wildman–Crippen MR) is 86.8 cm³/mol. The Kier molecular flexibility index (Phi) is 4.27. The molecule has 2 atom stereocenters. The first-order valence-corrected chi connectivity index (χ1v) is 7.97. The summed E-state index contributed by atoms with van der Waals surface area (Å²) in [4.78, 5) is 22.0. The predicted octanol–water partition coefficient (Wildman–Crippen LogP) is 2.08. The fraction of sp³-hybridized carbons (Fsp3) is 0.529. The third kappa shape index (κ3) is 2.91.